The zero-order valence-corrected chi connectivity index (χ0v) is 17.9. The van der Waals surface area contributed by atoms with Gasteiger partial charge in [-0.05, 0) is 50.8 Å². The zero-order valence-electron chi connectivity index (χ0n) is 17.9. The fourth-order valence-corrected chi connectivity index (χ4v) is 4.62. The third-order valence-electron chi connectivity index (χ3n) is 6.34. The predicted octanol–water partition coefficient (Wildman–Crippen LogP) is 2.83. The summed E-state index contributed by atoms with van der Waals surface area (Å²) < 4.78 is 11.2. The molecule has 2 amide bonds. The summed E-state index contributed by atoms with van der Waals surface area (Å²) in [6.45, 7) is 3.60. The molecule has 1 aromatic heterocycles. The fraction of sp³-hybridized carbons (Fsp3) is 0.478. The number of carbonyl (C=O) groups is 2. The highest BCUT2D eigenvalue weighted by Gasteiger charge is 2.33. The van der Waals surface area contributed by atoms with Gasteiger partial charge in [0.2, 0.25) is 5.91 Å². The maximum Gasteiger partial charge on any atom is 0.254 e. The first kappa shape index (κ1) is 19.8. The molecule has 0 N–H and O–H groups in total. The lowest BCUT2D eigenvalue weighted by atomic mass is 9.98. The molecular weight excluding hydrogens is 396 g/mol. The van der Waals surface area contributed by atoms with Gasteiger partial charge in [-0.2, -0.15) is 0 Å². The number of hydrogen-bond acceptors (Lipinski definition) is 6. The number of aromatic nitrogens is 2. The SMILES string of the molecule is Cc1nc(C2CCCCN2C(=O)c2ccc3c(c2)OCCO3)nc2c1CCC(=O)N2C. The van der Waals surface area contributed by atoms with E-state index in [0.717, 1.165) is 30.5 Å². The van der Waals surface area contributed by atoms with Gasteiger partial charge in [0.1, 0.15) is 19.0 Å². The first-order chi connectivity index (χ1) is 15.0. The quantitative estimate of drug-likeness (QED) is 0.740. The number of nitrogens with zero attached hydrogens (tertiary/aromatic N) is 4. The highest BCUT2D eigenvalue weighted by molar-refractivity contribution is 5.96. The lowest BCUT2D eigenvalue weighted by Crippen LogP contribution is -2.40. The third-order valence-corrected chi connectivity index (χ3v) is 6.34. The van der Waals surface area contributed by atoms with Crippen molar-refractivity contribution in [2.24, 2.45) is 0 Å². The summed E-state index contributed by atoms with van der Waals surface area (Å²) in [6, 6.07) is 5.12. The number of hydrogen-bond donors (Lipinski definition) is 0. The molecule has 0 radical (unpaired) electrons. The van der Waals surface area contributed by atoms with E-state index >= 15 is 0 Å². The summed E-state index contributed by atoms with van der Waals surface area (Å²) in [4.78, 5) is 38.7. The van der Waals surface area contributed by atoms with Gasteiger partial charge in [0, 0.05) is 36.8 Å². The summed E-state index contributed by atoms with van der Waals surface area (Å²) in [5.74, 6) is 2.56. The fourth-order valence-electron chi connectivity index (χ4n) is 4.62. The number of carbonyl (C=O) groups excluding carboxylic acids is 2. The van der Waals surface area contributed by atoms with E-state index in [-0.39, 0.29) is 17.9 Å². The molecule has 3 aliphatic rings. The van der Waals surface area contributed by atoms with E-state index in [4.69, 9.17) is 19.4 Å². The molecule has 0 bridgehead atoms. The molecule has 3 aliphatic heterocycles. The number of piperidine rings is 1. The molecule has 4 heterocycles. The number of amides is 2. The Hall–Kier alpha value is -3.16. The normalized spacial score (nSPS) is 20.5. The molecule has 0 spiro atoms. The minimum Gasteiger partial charge on any atom is -0.486 e. The number of ether oxygens (including phenoxy) is 2. The van der Waals surface area contributed by atoms with Crippen molar-refractivity contribution in [1.29, 1.82) is 0 Å². The first-order valence-corrected chi connectivity index (χ1v) is 10.9. The van der Waals surface area contributed by atoms with Crippen molar-refractivity contribution in [3.63, 3.8) is 0 Å². The van der Waals surface area contributed by atoms with Gasteiger partial charge in [-0.15, -0.1) is 0 Å². The summed E-state index contributed by atoms with van der Waals surface area (Å²) in [5.41, 5.74) is 2.47. The summed E-state index contributed by atoms with van der Waals surface area (Å²) in [5, 5.41) is 0. The molecule has 8 nitrogen and oxygen atoms in total. The molecule has 8 heteroatoms. The number of anilines is 1. The molecule has 0 aliphatic carbocycles. The number of aryl methyl sites for hydroxylation is 1. The van der Waals surface area contributed by atoms with E-state index in [1.807, 2.05) is 11.8 Å². The lowest BCUT2D eigenvalue weighted by molar-refractivity contribution is -0.118. The van der Waals surface area contributed by atoms with E-state index < -0.39 is 0 Å². The van der Waals surface area contributed by atoms with Crippen molar-refractivity contribution in [2.75, 3.05) is 31.7 Å². The number of benzene rings is 1. The molecular formula is C23H26N4O4. The van der Waals surface area contributed by atoms with Crippen LogP contribution < -0.4 is 14.4 Å². The van der Waals surface area contributed by atoms with E-state index in [9.17, 15) is 9.59 Å². The van der Waals surface area contributed by atoms with Gasteiger partial charge >= 0.3 is 0 Å². The Bertz CT molecular complexity index is 1050. The van der Waals surface area contributed by atoms with Crippen LogP contribution in [-0.2, 0) is 11.2 Å². The van der Waals surface area contributed by atoms with Crippen LogP contribution in [0, 0.1) is 6.92 Å². The molecule has 1 fully saturated rings. The smallest absolute Gasteiger partial charge is 0.254 e. The second-order valence-corrected chi connectivity index (χ2v) is 8.29. The highest BCUT2D eigenvalue weighted by Crippen LogP contribution is 2.36. The molecule has 2 aromatic rings. The summed E-state index contributed by atoms with van der Waals surface area (Å²) in [6.07, 6.45) is 3.88. The van der Waals surface area contributed by atoms with Crippen LogP contribution in [0.3, 0.4) is 0 Å². The monoisotopic (exact) mass is 422 g/mol. The first-order valence-electron chi connectivity index (χ1n) is 10.9. The molecule has 5 rings (SSSR count). The average molecular weight is 422 g/mol. The van der Waals surface area contributed by atoms with Crippen LogP contribution in [0.5, 0.6) is 11.5 Å². The Morgan fingerprint density at radius 1 is 1.10 bits per heavy atom. The van der Waals surface area contributed by atoms with Crippen LogP contribution in [0.4, 0.5) is 5.82 Å². The van der Waals surface area contributed by atoms with Crippen LogP contribution in [0.2, 0.25) is 0 Å². The van der Waals surface area contributed by atoms with Gasteiger partial charge in [-0.25, -0.2) is 9.97 Å². The largest absolute Gasteiger partial charge is 0.486 e. The molecule has 1 atom stereocenters. The molecule has 1 unspecified atom stereocenters. The number of rotatable bonds is 2. The summed E-state index contributed by atoms with van der Waals surface area (Å²) in [7, 11) is 1.76. The van der Waals surface area contributed by atoms with Crippen LogP contribution in [-0.4, -0.2) is 53.5 Å². The van der Waals surface area contributed by atoms with Gasteiger partial charge < -0.3 is 14.4 Å². The van der Waals surface area contributed by atoms with Crippen molar-refractivity contribution in [2.45, 2.75) is 45.1 Å². The Morgan fingerprint density at radius 3 is 2.74 bits per heavy atom. The van der Waals surface area contributed by atoms with Gasteiger partial charge in [0.25, 0.3) is 5.91 Å². The van der Waals surface area contributed by atoms with Gasteiger partial charge in [0.05, 0.1) is 6.04 Å². The molecule has 1 aromatic carbocycles. The van der Waals surface area contributed by atoms with Crippen molar-refractivity contribution >= 4 is 17.6 Å². The van der Waals surface area contributed by atoms with Crippen molar-refractivity contribution in [1.82, 2.24) is 14.9 Å². The third kappa shape index (κ3) is 3.49. The number of likely N-dealkylation sites (tertiary alicyclic amines) is 1. The molecule has 1 saturated heterocycles. The minimum absolute atomic E-state index is 0.0596. The standard InChI is InChI=1S/C23H26N4O4/c1-14-16-7-9-20(28)26(2)22(16)25-21(24-14)17-5-3-4-10-27(17)23(29)15-6-8-18-19(13-15)31-12-11-30-18/h6,8,13,17H,3-5,7,9-12H2,1-2H3. The Labute approximate surface area is 181 Å². The molecule has 162 valence electrons. The van der Waals surface area contributed by atoms with E-state index in [2.05, 4.69) is 0 Å². The van der Waals surface area contributed by atoms with Gasteiger partial charge in [-0.1, -0.05) is 0 Å². The van der Waals surface area contributed by atoms with E-state index in [0.29, 0.717) is 61.3 Å². The zero-order chi connectivity index (χ0) is 21.5. The average Bonchev–Trinajstić information content (AvgIpc) is 2.80. The Kier molecular flexibility index (Phi) is 5.00. The number of fused-ring (bicyclic) bond motifs is 2. The maximum atomic E-state index is 13.5. The topological polar surface area (TPSA) is 84.9 Å². The molecule has 0 saturated carbocycles. The molecule has 31 heavy (non-hydrogen) atoms. The van der Waals surface area contributed by atoms with Crippen molar-refractivity contribution in [3.8, 4) is 11.5 Å². The maximum absolute atomic E-state index is 13.5. The van der Waals surface area contributed by atoms with Crippen LogP contribution >= 0.6 is 0 Å². The highest BCUT2D eigenvalue weighted by atomic mass is 16.6. The minimum atomic E-state index is -0.219. The van der Waals surface area contributed by atoms with Gasteiger partial charge in [-0.3, -0.25) is 14.5 Å². The van der Waals surface area contributed by atoms with Crippen molar-refractivity contribution < 1.29 is 19.1 Å². The van der Waals surface area contributed by atoms with Crippen LogP contribution in [0.1, 0.15) is 59.2 Å². The second-order valence-electron chi connectivity index (χ2n) is 8.29. The Morgan fingerprint density at radius 2 is 1.90 bits per heavy atom. The lowest BCUT2D eigenvalue weighted by Gasteiger charge is -2.36. The summed E-state index contributed by atoms with van der Waals surface area (Å²) >= 11 is 0. The van der Waals surface area contributed by atoms with Gasteiger partial charge in [0.15, 0.2) is 17.3 Å². The van der Waals surface area contributed by atoms with Crippen LogP contribution in [0.25, 0.3) is 0 Å². The van der Waals surface area contributed by atoms with Crippen molar-refractivity contribution in [3.05, 3.63) is 40.8 Å². The second kappa shape index (κ2) is 7.83. The Balaban J connectivity index is 1.48. The predicted molar refractivity (Wildman–Crippen MR) is 114 cm³/mol. The van der Waals surface area contributed by atoms with Crippen LogP contribution in [0.15, 0.2) is 18.2 Å². The van der Waals surface area contributed by atoms with E-state index in [1.54, 1.807) is 30.1 Å². The van der Waals surface area contributed by atoms with E-state index in [1.165, 1.54) is 0 Å².